The summed E-state index contributed by atoms with van der Waals surface area (Å²) >= 11 is 1.50. The Morgan fingerprint density at radius 2 is 1.79 bits per heavy atom. The third-order valence-corrected chi connectivity index (χ3v) is 6.63. The van der Waals surface area contributed by atoms with E-state index in [4.69, 9.17) is 9.47 Å². The second-order valence-electron chi connectivity index (χ2n) is 8.18. The maximum Gasteiger partial charge on any atom is 0.271 e. The molecule has 3 heterocycles. The second kappa shape index (κ2) is 9.86. The SMILES string of the molecule is O=C(NCc1cccc(F)c1)c1csc(CN2CCN(Cc3ccc4c(c3)OCO4)CC2)n1. The lowest BCUT2D eigenvalue weighted by atomic mass is 10.1. The van der Waals surface area contributed by atoms with E-state index < -0.39 is 0 Å². The van der Waals surface area contributed by atoms with Crippen LogP contribution in [0.4, 0.5) is 4.39 Å². The minimum atomic E-state index is -0.311. The predicted molar refractivity (Wildman–Crippen MR) is 123 cm³/mol. The van der Waals surface area contributed by atoms with E-state index in [-0.39, 0.29) is 18.3 Å². The molecule has 0 bridgehead atoms. The van der Waals surface area contributed by atoms with E-state index in [1.54, 1.807) is 17.5 Å². The van der Waals surface area contributed by atoms with Crippen molar-refractivity contribution in [2.24, 2.45) is 0 Å². The van der Waals surface area contributed by atoms with Gasteiger partial charge in [-0.25, -0.2) is 9.37 Å². The van der Waals surface area contributed by atoms with Crippen molar-refractivity contribution < 1.29 is 18.7 Å². The third kappa shape index (κ3) is 5.50. The Hall–Kier alpha value is -3.01. The van der Waals surface area contributed by atoms with Crippen LogP contribution < -0.4 is 14.8 Å². The summed E-state index contributed by atoms with van der Waals surface area (Å²) in [6.07, 6.45) is 0. The minimum absolute atomic E-state index is 0.240. The Kier molecular flexibility index (Phi) is 6.52. The van der Waals surface area contributed by atoms with Crippen molar-refractivity contribution in [1.29, 1.82) is 0 Å². The molecule has 172 valence electrons. The van der Waals surface area contributed by atoms with Gasteiger partial charge in [0.2, 0.25) is 6.79 Å². The Balaban J connectivity index is 1.08. The van der Waals surface area contributed by atoms with Crippen molar-refractivity contribution in [3.8, 4) is 11.5 Å². The van der Waals surface area contributed by atoms with Crippen molar-refractivity contribution in [1.82, 2.24) is 20.1 Å². The lowest BCUT2D eigenvalue weighted by Crippen LogP contribution is -2.45. The largest absolute Gasteiger partial charge is 0.454 e. The highest BCUT2D eigenvalue weighted by Crippen LogP contribution is 2.32. The van der Waals surface area contributed by atoms with Gasteiger partial charge in [0.25, 0.3) is 5.91 Å². The van der Waals surface area contributed by atoms with Crippen molar-refractivity contribution in [3.63, 3.8) is 0 Å². The van der Waals surface area contributed by atoms with Crippen LogP contribution in [0, 0.1) is 5.82 Å². The van der Waals surface area contributed by atoms with Gasteiger partial charge in [0.15, 0.2) is 11.5 Å². The predicted octanol–water partition coefficient (Wildman–Crippen LogP) is 3.26. The molecule has 0 saturated carbocycles. The highest BCUT2D eigenvalue weighted by Gasteiger charge is 2.20. The maximum absolute atomic E-state index is 13.3. The average Bonchev–Trinajstić information content (AvgIpc) is 3.48. The lowest BCUT2D eigenvalue weighted by Gasteiger charge is -2.34. The van der Waals surface area contributed by atoms with Gasteiger partial charge < -0.3 is 14.8 Å². The van der Waals surface area contributed by atoms with Gasteiger partial charge in [-0.15, -0.1) is 11.3 Å². The van der Waals surface area contributed by atoms with Crippen LogP contribution in [0.5, 0.6) is 11.5 Å². The van der Waals surface area contributed by atoms with Crippen LogP contribution >= 0.6 is 11.3 Å². The second-order valence-corrected chi connectivity index (χ2v) is 9.12. The molecule has 9 heteroatoms. The topological polar surface area (TPSA) is 66.9 Å². The van der Waals surface area contributed by atoms with Crippen molar-refractivity contribution >= 4 is 17.2 Å². The smallest absolute Gasteiger partial charge is 0.271 e. The Labute approximate surface area is 195 Å². The molecule has 0 atom stereocenters. The number of nitrogens with zero attached hydrogens (tertiary/aromatic N) is 3. The fourth-order valence-electron chi connectivity index (χ4n) is 4.00. The zero-order chi connectivity index (χ0) is 22.6. The first-order valence-corrected chi connectivity index (χ1v) is 11.8. The number of carbonyl (C=O) groups is 1. The first kappa shape index (κ1) is 21.8. The first-order valence-electron chi connectivity index (χ1n) is 10.9. The molecule has 2 aliphatic rings. The molecule has 0 unspecified atom stereocenters. The number of thiazole rings is 1. The molecule has 3 aromatic rings. The number of fused-ring (bicyclic) bond motifs is 1. The Morgan fingerprint density at radius 3 is 2.61 bits per heavy atom. The van der Waals surface area contributed by atoms with E-state index in [9.17, 15) is 9.18 Å². The fraction of sp³-hybridized carbons (Fsp3) is 0.333. The molecule has 1 N–H and O–H groups in total. The van der Waals surface area contributed by atoms with Gasteiger partial charge in [-0.05, 0) is 35.4 Å². The highest BCUT2D eigenvalue weighted by atomic mass is 32.1. The van der Waals surface area contributed by atoms with E-state index >= 15 is 0 Å². The summed E-state index contributed by atoms with van der Waals surface area (Å²) in [4.78, 5) is 21.7. The number of piperazine rings is 1. The molecule has 1 fully saturated rings. The van der Waals surface area contributed by atoms with Crippen LogP contribution in [0.2, 0.25) is 0 Å². The van der Waals surface area contributed by atoms with Gasteiger partial charge in [-0.1, -0.05) is 18.2 Å². The van der Waals surface area contributed by atoms with Crippen molar-refractivity contribution in [2.75, 3.05) is 33.0 Å². The maximum atomic E-state index is 13.3. The molecule has 1 saturated heterocycles. The number of nitrogens with one attached hydrogen (secondary N) is 1. The summed E-state index contributed by atoms with van der Waals surface area (Å²) in [5, 5.41) is 5.52. The standard InChI is InChI=1S/C24H25FN4O3S/c25-19-3-1-2-17(10-19)12-26-24(30)20-15-33-23(27-20)14-29-8-6-28(7-9-29)13-18-4-5-21-22(11-18)32-16-31-21/h1-5,10-11,15H,6-9,12-14,16H2,(H,26,30). The van der Waals surface area contributed by atoms with Crippen LogP contribution in [0.1, 0.15) is 26.6 Å². The number of hydrogen-bond acceptors (Lipinski definition) is 7. The molecule has 0 radical (unpaired) electrons. The molecule has 33 heavy (non-hydrogen) atoms. The normalized spacial score (nSPS) is 16.2. The monoisotopic (exact) mass is 468 g/mol. The molecule has 5 rings (SSSR count). The van der Waals surface area contributed by atoms with Crippen molar-refractivity contribution in [2.45, 2.75) is 19.6 Å². The first-order chi connectivity index (χ1) is 16.1. The summed E-state index contributed by atoms with van der Waals surface area (Å²) in [6, 6.07) is 12.3. The van der Waals surface area contributed by atoms with E-state index in [0.29, 0.717) is 12.5 Å². The lowest BCUT2D eigenvalue weighted by molar-refractivity contribution is 0.0945. The van der Waals surface area contributed by atoms with Gasteiger partial charge in [0.05, 0.1) is 6.54 Å². The van der Waals surface area contributed by atoms with E-state index in [2.05, 4.69) is 32.2 Å². The van der Waals surface area contributed by atoms with Crippen LogP contribution in [0.3, 0.4) is 0 Å². The highest BCUT2D eigenvalue weighted by molar-refractivity contribution is 7.09. The summed E-state index contributed by atoms with van der Waals surface area (Å²) in [6.45, 7) is 6.04. The average molecular weight is 469 g/mol. The van der Waals surface area contributed by atoms with Gasteiger partial charge >= 0.3 is 0 Å². The molecular weight excluding hydrogens is 443 g/mol. The van der Waals surface area contributed by atoms with Gasteiger partial charge in [-0.2, -0.15) is 0 Å². The number of carbonyl (C=O) groups excluding carboxylic acids is 1. The number of aromatic nitrogens is 1. The van der Waals surface area contributed by atoms with Crippen LogP contribution in [-0.4, -0.2) is 53.7 Å². The Morgan fingerprint density at radius 1 is 1.00 bits per heavy atom. The number of benzene rings is 2. The molecule has 7 nitrogen and oxygen atoms in total. The van der Waals surface area contributed by atoms with E-state index in [1.807, 2.05) is 6.07 Å². The quantitative estimate of drug-likeness (QED) is 0.574. The van der Waals surface area contributed by atoms with Crippen LogP contribution in [0.15, 0.2) is 47.8 Å². The van der Waals surface area contributed by atoms with Crippen LogP contribution in [-0.2, 0) is 19.6 Å². The molecule has 2 aliphatic heterocycles. The molecule has 0 spiro atoms. The van der Waals surface area contributed by atoms with Crippen molar-refractivity contribution in [3.05, 3.63) is 75.5 Å². The summed E-state index contributed by atoms with van der Waals surface area (Å²) in [5.41, 5.74) is 2.35. The van der Waals surface area contributed by atoms with Gasteiger partial charge in [0.1, 0.15) is 16.5 Å². The number of halogens is 1. The van der Waals surface area contributed by atoms with Gasteiger partial charge in [-0.3, -0.25) is 14.6 Å². The minimum Gasteiger partial charge on any atom is -0.454 e. The number of hydrogen-bond donors (Lipinski definition) is 1. The summed E-state index contributed by atoms with van der Waals surface area (Å²) in [5.74, 6) is 1.09. The van der Waals surface area contributed by atoms with E-state index in [0.717, 1.165) is 61.3 Å². The third-order valence-electron chi connectivity index (χ3n) is 5.79. The molecule has 0 aliphatic carbocycles. The zero-order valence-electron chi connectivity index (χ0n) is 18.1. The molecular formula is C24H25FN4O3S. The number of rotatable bonds is 7. The fourth-order valence-corrected chi connectivity index (χ4v) is 4.82. The number of ether oxygens (including phenoxy) is 2. The summed E-state index contributed by atoms with van der Waals surface area (Å²) < 4.78 is 24.1. The number of amides is 1. The van der Waals surface area contributed by atoms with Gasteiger partial charge in [0, 0.05) is 44.6 Å². The summed E-state index contributed by atoms with van der Waals surface area (Å²) in [7, 11) is 0. The Bertz CT molecular complexity index is 1130. The molecule has 2 aromatic carbocycles. The zero-order valence-corrected chi connectivity index (χ0v) is 18.9. The molecule has 1 amide bonds. The molecule has 1 aromatic heterocycles. The van der Waals surface area contributed by atoms with Crippen LogP contribution in [0.25, 0.3) is 0 Å². The van der Waals surface area contributed by atoms with E-state index in [1.165, 1.54) is 29.0 Å².